The van der Waals surface area contributed by atoms with Gasteiger partial charge in [-0.3, -0.25) is 9.78 Å². The van der Waals surface area contributed by atoms with E-state index in [1.165, 1.54) is 0 Å². The van der Waals surface area contributed by atoms with Gasteiger partial charge in [0.2, 0.25) is 5.91 Å². The highest BCUT2D eigenvalue weighted by Crippen LogP contribution is 2.34. The average Bonchev–Trinajstić information content (AvgIpc) is 3.41. The minimum atomic E-state index is -0.00842. The Hall–Kier alpha value is -2.36. The highest BCUT2D eigenvalue weighted by atomic mass is 16.5. The maximum Gasteiger partial charge on any atom is 0.227 e. The van der Waals surface area contributed by atoms with Gasteiger partial charge in [0.05, 0.1) is 25.3 Å². The van der Waals surface area contributed by atoms with Crippen LogP contribution in [0.1, 0.15) is 37.1 Å². The molecule has 0 spiro atoms. The molecule has 4 heteroatoms. The predicted octanol–water partition coefficient (Wildman–Crippen LogP) is 3.38. The van der Waals surface area contributed by atoms with Crippen LogP contribution in [0.25, 0.3) is 0 Å². The van der Waals surface area contributed by atoms with Crippen molar-refractivity contribution in [3.8, 4) is 5.75 Å². The van der Waals surface area contributed by atoms with Gasteiger partial charge in [0.15, 0.2) is 0 Å². The molecular formula is C19H22N2O2. The molecule has 1 saturated carbocycles. The van der Waals surface area contributed by atoms with Crippen molar-refractivity contribution in [2.24, 2.45) is 0 Å². The van der Waals surface area contributed by atoms with Gasteiger partial charge in [0, 0.05) is 17.8 Å². The summed E-state index contributed by atoms with van der Waals surface area (Å²) in [6.45, 7) is 2.06. The molecular weight excluding hydrogens is 288 g/mol. The van der Waals surface area contributed by atoms with Crippen LogP contribution in [0.2, 0.25) is 0 Å². The van der Waals surface area contributed by atoms with Gasteiger partial charge in [0.25, 0.3) is 0 Å². The zero-order valence-electron chi connectivity index (χ0n) is 13.6. The number of carbonyl (C=O) groups is 1. The Morgan fingerprint density at radius 1 is 1.26 bits per heavy atom. The van der Waals surface area contributed by atoms with Crippen LogP contribution in [0.5, 0.6) is 5.75 Å². The van der Waals surface area contributed by atoms with E-state index in [2.05, 4.69) is 11.9 Å². The standard InChI is InChI=1S/C19H22N2O2/c1-14(17-8-5-6-12-20-17)21(16-10-11-16)19(22)13-15-7-3-4-9-18(15)23-2/h3-9,12,14,16H,10-11,13H2,1-2H3. The second-order valence-electron chi connectivity index (χ2n) is 5.95. The maximum atomic E-state index is 12.9. The lowest BCUT2D eigenvalue weighted by Gasteiger charge is -2.29. The van der Waals surface area contributed by atoms with Crippen molar-refractivity contribution < 1.29 is 9.53 Å². The Bertz CT molecular complexity index is 668. The number of pyridine rings is 1. The van der Waals surface area contributed by atoms with Crippen molar-refractivity contribution in [2.75, 3.05) is 7.11 Å². The van der Waals surface area contributed by atoms with E-state index in [0.29, 0.717) is 12.5 Å². The molecule has 2 aromatic rings. The van der Waals surface area contributed by atoms with Gasteiger partial charge in [-0.15, -0.1) is 0 Å². The van der Waals surface area contributed by atoms with E-state index >= 15 is 0 Å². The van der Waals surface area contributed by atoms with Crippen LogP contribution in [0.4, 0.5) is 0 Å². The van der Waals surface area contributed by atoms with Crippen LogP contribution in [-0.2, 0) is 11.2 Å². The Kier molecular flexibility index (Phi) is 4.60. The molecule has 1 amide bonds. The lowest BCUT2D eigenvalue weighted by Crippen LogP contribution is -2.37. The zero-order valence-corrected chi connectivity index (χ0v) is 13.6. The Morgan fingerprint density at radius 2 is 2.00 bits per heavy atom. The third-order valence-electron chi connectivity index (χ3n) is 4.30. The van der Waals surface area contributed by atoms with Gasteiger partial charge in [-0.25, -0.2) is 0 Å². The Labute approximate surface area is 137 Å². The molecule has 1 unspecified atom stereocenters. The molecule has 4 nitrogen and oxygen atoms in total. The highest BCUT2D eigenvalue weighted by molar-refractivity contribution is 5.80. The smallest absolute Gasteiger partial charge is 0.227 e. The first-order valence-corrected chi connectivity index (χ1v) is 8.04. The molecule has 1 heterocycles. The number of para-hydroxylation sites is 1. The van der Waals surface area contributed by atoms with Crippen LogP contribution in [0, 0.1) is 0 Å². The molecule has 23 heavy (non-hydrogen) atoms. The van der Waals surface area contributed by atoms with Crippen molar-refractivity contribution >= 4 is 5.91 Å². The number of methoxy groups -OCH3 is 1. The van der Waals surface area contributed by atoms with E-state index in [9.17, 15) is 4.79 Å². The van der Waals surface area contributed by atoms with Crippen LogP contribution in [0.15, 0.2) is 48.7 Å². The topological polar surface area (TPSA) is 42.4 Å². The number of benzene rings is 1. The van der Waals surface area contributed by atoms with Crippen LogP contribution in [0.3, 0.4) is 0 Å². The van der Waals surface area contributed by atoms with Gasteiger partial charge in [-0.05, 0) is 38.0 Å². The van der Waals surface area contributed by atoms with Crippen molar-refractivity contribution in [2.45, 2.75) is 38.3 Å². The fraction of sp³-hybridized carbons (Fsp3) is 0.368. The van der Waals surface area contributed by atoms with E-state index in [0.717, 1.165) is 29.8 Å². The van der Waals surface area contributed by atoms with E-state index in [1.807, 2.05) is 47.4 Å². The number of hydrogen-bond acceptors (Lipinski definition) is 3. The first-order valence-electron chi connectivity index (χ1n) is 8.04. The number of amides is 1. The summed E-state index contributed by atoms with van der Waals surface area (Å²) in [6, 6.07) is 13.9. The van der Waals surface area contributed by atoms with Crippen molar-refractivity contribution in [1.82, 2.24) is 9.88 Å². The fourth-order valence-electron chi connectivity index (χ4n) is 2.96. The maximum absolute atomic E-state index is 12.9. The van der Waals surface area contributed by atoms with Gasteiger partial charge >= 0.3 is 0 Å². The van der Waals surface area contributed by atoms with Gasteiger partial charge in [0.1, 0.15) is 5.75 Å². The number of nitrogens with zero attached hydrogens (tertiary/aromatic N) is 2. The van der Waals surface area contributed by atoms with E-state index in [1.54, 1.807) is 13.3 Å². The Morgan fingerprint density at radius 3 is 2.65 bits per heavy atom. The molecule has 0 N–H and O–H groups in total. The first kappa shape index (κ1) is 15.5. The largest absolute Gasteiger partial charge is 0.496 e. The summed E-state index contributed by atoms with van der Waals surface area (Å²) in [4.78, 5) is 19.3. The minimum absolute atomic E-state index is 0.00842. The highest BCUT2D eigenvalue weighted by Gasteiger charge is 2.36. The summed E-state index contributed by atoms with van der Waals surface area (Å²) in [6.07, 6.45) is 4.29. The summed E-state index contributed by atoms with van der Waals surface area (Å²) < 4.78 is 5.36. The summed E-state index contributed by atoms with van der Waals surface area (Å²) in [5.41, 5.74) is 1.87. The quantitative estimate of drug-likeness (QED) is 0.821. The second kappa shape index (κ2) is 6.82. The second-order valence-corrected chi connectivity index (χ2v) is 5.95. The minimum Gasteiger partial charge on any atom is -0.496 e. The normalized spacial score (nSPS) is 15.0. The molecule has 1 aromatic carbocycles. The Balaban J connectivity index is 1.80. The molecule has 0 aliphatic heterocycles. The van der Waals surface area contributed by atoms with Crippen molar-refractivity contribution in [1.29, 1.82) is 0 Å². The van der Waals surface area contributed by atoms with Crippen molar-refractivity contribution in [3.05, 3.63) is 59.9 Å². The van der Waals surface area contributed by atoms with Crippen LogP contribution >= 0.6 is 0 Å². The SMILES string of the molecule is COc1ccccc1CC(=O)N(C1CC1)C(C)c1ccccn1. The van der Waals surface area contributed by atoms with E-state index < -0.39 is 0 Å². The number of carbonyl (C=O) groups excluding carboxylic acids is 1. The molecule has 120 valence electrons. The number of rotatable bonds is 6. The molecule has 1 atom stereocenters. The van der Waals surface area contributed by atoms with Gasteiger partial charge < -0.3 is 9.64 Å². The summed E-state index contributed by atoms with van der Waals surface area (Å²) in [5, 5.41) is 0. The number of aromatic nitrogens is 1. The van der Waals surface area contributed by atoms with Gasteiger partial charge in [-0.1, -0.05) is 24.3 Å². The lowest BCUT2D eigenvalue weighted by atomic mass is 10.1. The summed E-state index contributed by atoms with van der Waals surface area (Å²) >= 11 is 0. The zero-order chi connectivity index (χ0) is 16.2. The monoisotopic (exact) mass is 310 g/mol. The average molecular weight is 310 g/mol. The van der Waals surface area contributed by atoms with E-state index in [4.69, 9.17) is 4.74 Å². The predicted molar refractivity (Wildman–Crippen MR) is 89.2 cm³/mol. The van der Waals surface area contributed by atoms with Crippen molar-refractivity contribution in [3.63, 3.8) is 0 Å². The molecule has 0 radical (unpaired) electrons. The van der Waals surface area contributed by atoms with Crippen LogP contribution in [-0.4, -0.2) is 28.9 Å². The van der Waals surface area contributed by atoms with Crippen LogP contribution < -0.4 is 4.74 Å². The molecule has 0 bridgehead atoms. The van der Waals surface area contributed by atoms with E-state index in [-0.39, 0.29) is 11.9 Å². The number of hydrogen-bond donors (Lipinski definition) is 0. The molecule has 3 rings (SSSR count). The molecule has 1 aliphatic carbocycles. The summed E-state index contributed by atoms with van der Waals surface area (Å²) in [5.74, 6) is 0.900. The number of ether oxygens (including phenoxy) is 1. The van der Waals surface area contributed by atoms with Gasteiger partial charge in [-0.2, -0.15) is 0 Å². The molecule has 1 aliphatic rings. The molecule has 0 saturated heterocycles. The molecule has 1 fully saturated rings. The first-order chi connectivity index (χ1) is 11.2. The lowest BCUT2D eigenvalue weighted by molar-refractivity contribution is -0.133. The third-order valence-corrected chi connectivity index (χ3v) is 4.30. The third kappa shape index (κ3) is 3.52. The summed E-state index contributed by atoms with van der Waals surface area (Å²) in [7, 11) is 1.64. The fourth-order valence-corrected chi connectivity index (χ4v) is 2.96. The molecule has 1 aromatic heterocycles.